The van der Waals surface area contributed by atoms with E-state index in [-0.39, 0.29) is 0 Å². The number of hydrogen-bond acceptors (Lipinski definition) is 4. The molecule has 0 fully saturated rings. The van der Waals surface area contributed by atoms with Gasteiger partial charge >= 0.3 is 0 Å². The van der Waals surface area contributed by atoms with Crippen LogP contribution in [0, 0.1) is 13.8 Å². The molecule has 0 saturated heterocycles. The number of hydrazone groups is 1. The summed E-state index contributed by atoms with van der Waals surface area (Å²) in [7, 11) is 5.66. The third-order valence-corrected chi connectivity index (χ3v) is 5.54. The molecule has 0 radical (unpaired) electrons. The molecule has 0 saturated carbocycles. The van der Waals surface area contributed by atoms with Gasteiger partial charge in [0.1, 0.15) is 10.8 Å². The lowest BCUT2D eigenvalue weighted by atomic mass is 9.99. The Balaban J connectivity index is 2.60. The SMILES string of the molecule is CN=C(c1ccc(Cl)cc1)c1c(N(C)/C(C)=N\NC)sc(C)c1C. The number of anilines is 1. The van der Waals surface area contributed by atoms with Crippen molar-refractivity contribution in [1.29, 1.82) is 0 Å². The zero-order valence-corrected chi connectivity index (χ0v) is 16.5. The van der Waals surface area contributed by atoms with Gasteiger partial charge < -0.3 is 10.3 Å². The van der Waals surface area contributed by atoms with Crippen molar-refractivity contribution in [1.82, 2.24) is 5.43 Å². The first-order valence-electron chi connectivity index (χ1n) is 7.68. The summed E-state index contributed by atoms with van der Waals surface area (Å²) in [5.41, 5.74) is 7.26. The molecule has 4 nitrogen and oxygen atoms in total. The van der Waals surface area contributed by atoms with Crippen molar-refractivity contribution in [2.24, 2.45) is 10.1 Å². The van der Waals surface area contributed by atoms with Crippen LogP contribution in [0.25, 0.3) is 0 Å². The zero-order chi connectivity index (χ0) is 17.9. The lowest BCUT2D eigenvalue weighted by Crippen LogP contribution is -2.26. The van der Waals surface area contributed by atoms with Crippen molar-refractivity contribution in [3.8, 4) is 0 Å². The molecular formula is C18H23ClN4S. The van der Waals surface area contributed by atoms with Crippen molar-refractivity contribution in [3.63, 3.8) is 0 Å². The van der Waals surface area contributed by atoms with Gasteiger partial charge in [-0.05, 0) is 38.5 Å². The summed E-state index contributed by atoms with van der Waals surface area (Å²) in [6.45, 7) is 6.26. The molecule has 1 heterocycles. The topological polar surface area (TPSA) is 40.0 Å². The van der Waals surface area contributed by atoms with E-state index in [9.17, 15) is 0 Å². The van der Waals surface area contributed by atoms with E-state index in [1.54, 1.807) is 18.4 Å². The smallest absolute Gasteiger partial charge is 0.126 e. The quantitative estimate of drug-likeness (QED) is 0.495. The van der Waals surface area contributed by atoms with Crippen LogP contribution in [0.15, 0.2) is 34.4 Å². The fraction of sp³-hybridized carbons (Fsp3) is 0.333. The molecule has 0 amide bonds. The number of nitrogens with zero attached hydrogens (tertiary/aromatic N) is 3. The number of aliphatic imine (C=N–C) groups is 1. The Morgan fingerprint density at radius 2 is 1.83 bits per heavy atom. The molecule has 0 atom stereocenters. The molecule has 0 aliphatic rings. The first kappa shape index (κ1) is 18.5. The van der Waals surface area contributed by atoms with Crippen LogP contribution in [0.1, 0.15) is 28.5 Å². The van der Waals surface area contributed by atoms with E-state index in [0.29, 0.717) is 0 Å². The van der Waals surface area contributed by atoms with E-state index < -0.39 is 0 Å². The largest absolute Gasteiger partial charge is 0.323 e. The summed E-state index contributed by atoms with van der Waals surface area (Å²) >= 11 is 7.79. The Labute approximate surface area is 152 Å². The summed E-state index contributed by atoms with van der Waals surface area (Å²) in [4.78, 5) is 7.95. The van der Waals surface area contributed by atoms with E-state index >= 15 is 0 Å². The second kappa shape index (κ2) is 7.81. The molecule has 0 unspecified atom stereocenters. The van der Waals surface area contributed by atoms with Crippen LogP contribution < -0.4 is 10.3 Å². The molecule has 2 rings (SSSR count). The Morgan fingerprint density at radius 3 is 2.38 bits per heavy atom. The molecule has 0 aliphatic heterocycles. The van der Waals surface area contributed by atoms with Crippen molar-refractivity contribution < 1.29 is 0 Å². The summed E-state index contributed by atoms with van der Waals surface area (Å²) in [6, 6.07) is 7.81. The fourth-order valence-corrected chi connectivity index (χ4v) is 3.79. The highest BCUT2D eigenvalue weighted by Gasteiger charge is 2.22. The van der Waals surface area contributed by atoms with Gasteiger partial charge in [0.2, 0.25) is 0 Å². The van der Waals surface area contributed by atoms with Crippen molar-refractivity contribution in [2.45, 2.75) is 20.8 Å². The van der Waals surface area contributed by atoms with Gasteiger partial charge in [-0.15, -0.1) is 11.3 Å². The minimum Gasteiger partial charge on any atom is -0.323 e. The van der Waals surface area contributed by atoms with Crippen LogP contribution in [-0.2, 0) is 0 Å². The Hall–Kier alpha value is -1.85. The van der Waals surface area contributed by atoms with E-state index in [1.807, 2.05) is 45.3 Å². The standard InChI is InChI=1S/C18H23ClN4S/c1-11-12(2)24-18(23(6)13(3)22-21-5)16(11)17(20-4)14-7-9-15(19)10-8-14/h7-10,21H,1-6H3/b20-17?,22-13-. The number of amidine groups is 1. The second-order valence-electron chi connectivity index (χ2n) is 5.48. The highest BCUT2D eigenvalue weighted by Crippen LogP contribution is 2.37. The van der Waals surface area contributed by atoms with Crippen molar-refractivity contribution >= 4 is 39.5 Å². The molecule has 1 aromatic carbocycles. The van der Waals surface area contributed by atoms with Gasteiger partial charge in [-0.3, -0.25) is 4.99 Å². The molecule has 1 N–H and O–H groups in total. The molecule has 6 heteroatoms. The monoisotopic (exact) mass is 362 g/mol. The maximum Gasteiger partial charge on any atom is 0.126 e. The van der Waals surface area contributed by atoms with Crippen molar-refractivity contribution in [2.75, 3.05) is 26.0 Å². The van der Waals surface area contributed by atoms with Crippen LogP contribution in [0.3, 0.4) is 0 Å². The number of nitrogens with one attached hydrogen (secondary N) is 1. The van der Waals surface area contributed by atoms with Crippen LogP contribution in [0.5, 0.6) is 0 Å². The fourth-order valence-electron chi connectivity index (χ4n) is 2.50. The van der Waals surface area contributed by atoms with Gasteiger partial charge in [0.25, 0.3) is 0 Å². The van der Waals surface area contributed by atoms with Crippen LogP contribution >= 0.6 is 22.9 Å². The van der Waals surface area contributed by atoms with Crippen molar-refractivity contribution in [3.05, 3.63) is 50.9 Å². The summed E-state index contributed by atoms with van der Waals surface area (Å²) < 4.78 is 0. The Morgan fingerprint density at radius 1 is 1.21 bits per heavy atom. The summed E-state index contributed by atoms with van der Waals surface area (Å²) in [6.07, 6.45) is 0. The molecule has 24 heavy (non-hydrogen) atoms. The molecular weight excluding hydrogens is 340 g/mol. The summed E-state index contributed by atoms with van der Waals surface area (Å²) in [5, 5.41) is 6.15. The highest BCUT2D eigenvalue weighted by atomic mass is 35.5. The maximum atomic E-state index is 6.03. The van der Waals surface area contributed by atoms with Crippen LogP contribution in [0.2, 0.25) is 5.02 Å². The van der Waals surface area contributed by atoms with Crippen LogP contribution in [0.4, 0.5) is 5.00 Å². The molecule has 2 aromatic rings. The van der Waals surface area contributed by atoms with E-state index in [4.69, 9.17) is 11.6 Å². The maximum absolute atomic E-state index is 6.03. The number of hydrogen-bond donors (Lipinski definition) is 1. The van der Waals surface area contributed by atoms with E-state index in [1.165, 1.54) is 10.4 Å². The molecule has 0 aliphatic carbocycles. The average molecular weight is 363 g/mol. The minimum atomic E-state index is 0.724. The predicted molar refractivity (Wildman–Crippen MR) is 107 cm³/mol. The number of halogens is 1. The summed E-state index contributed by atoms with van der Waals surface area (Å²) in [5.74, 6) is 0.895. The lowest BCUT2D eigenvalue weighted by Gasteiger charge is -2.20. The van der Waals surface area contributed by atoms with Gasteiger partial charge in [0.15, 0.2) is 0 Å². The van der Waals surface area contributed by atoms with E-state index in [2.05, 4.69) is 34.3 Å². The number of thiophene rings is 1. The van der Waals surface area contributed by atoms with Crippen LogP contribution in [-0.4, -0.2) is 32.7 Å². The number of aryl methyl sites for hydroxylation is 1. The first-order valence-corrected chi connectivity index (χ1v) is 8.88. The molecule has 128 valence electrons. The Bertz CT molecular complexity index is 775. The number of rotatable bonds is 4. The molecule has 0 bridgehead atoms. The number of benzene rings is 1. The van der Waals surface area contributed by atoms with E-state index in [0.717, 1.165) is 32.7 Å². The van der Waals surface area contributed by atoms with Gasteiger partial charge in [0, 0.05) is 42.2 Å². The average Bonchev–Trinajstić information content (AvgIpc) is 2.85. The van der Waals surface area contributed by atoms with Gasteiger partial charge in [-0.25, -0.2) is 0 Å². The zero-order valence-electron chi connectivity index (χ0n) is 14.9. The Kier molecular flexibility index (Phi) is 6.02. The first-order chi connectivity index (χ1) is 11.4. The highest BCUT2D eigenvalue weighted by molar-refractivity contribution is 7.17. The van der Waals surface area contributed by atoms with Gasteiger partial charge in [-0.1, -0.05) is 23.7 Å². The normalized spacial score (nSPS) is 12.5. The minimum absolute atomic E-state index is 0.724. The molecule has 1 aromatic heterocycles. The second-order valence-corrected chi connectivity index (χ2v) is 7.12. The molecule has 0 spiro atoms. The predicted octanol–water partition coefficient (Wildman–Crippen LogP) is 4.47. The lowest BCUT2D eigenvalue weighted by molar-refractivity contribution is 0.891. The van der Waals surface area contributed by atoms with Gasteiger partial charge in [0.05, 0.1) is 5.71 Å². The third-order valence-electron chi connectivity index (χ3n) is 4.01. The third kappa shape index (κ3) is 3.62. The van der Waals surface area contributed by atoms with Gasteiger partial charge in [-0.2, -0.15) is 5.10 Å².